The number of nitrogens with one attached hydrogen (secondary N) is 1. The van der Waals surface area contributed by atoms with Crippen LogP contribution in [0.15, 0.2) is 35.6 Å². The van der Waals surface area contributed by atoms with E-state index in [0.29, 0.717) is 12.3 Å². The highest BCUT2D eigenvalue weighted by Gasteiger charge is 2.60. The lowest BCUT2D eigenvalue weighted by Gasteiger charge is -2.38. The second kappa shape index (κ2) is 7.48. The molecule has 2 aromatic heterocycles. The number of alkyl halides is 5. The van der Waals surface area contributed by atoms with Crippen molar-refractivity contribution in [2.75, 3.05) is 23.3 Å². The zero-order valence-corrected chi connectivity index (χ0v) is 16.5. The van der Waals surface area contributed by atoms with E-state index in [2.05, 4.69) is 15.3 Å². The molecule has 2 fully saturated rings. The van der Waals surface area contributed by atoms with Crippen LogP contribution in [-0.2, 0) is 17.2 Å². The molecule has 1 saturated carbocycles. The molecule has 0 aromatic carbocycles. The Morgan fingerprint density at radius 3 is 2.61 bits per heavy atom. The summed E-state index contributed by atoms with van der Waals surface area (Å²) in [6.07, 6.45) is -3.25. The third-order valence-corrected chi connectivity index (χ3v) is 6.09. The van der Waals surface area contributed by atoms with Crippen molar-refractivity contribution in [3.05, 3.63) is 41.7 Å². The molecule has 2 aliphatic rings. The Hall–Kier alpha value is -2.67. The minimum atomic E-state index is -4.75. The average Bonchev–Trinajstić information content (AvgIpc) is 3.06. The van der Waals surface area contributed by atoms with Crippen molar-refractivity contribution in [2.24, 2.45) is 17.0 Å². The van der Waals surface area contributed by atoms with Crippen LogP contribution in [-0.4, -0.2) is 39.1 Å². The minimum absolute atomic E-state index is 0.0430. The van der Waals surface area contributed by atoms with Crippen molar-refractivity contribution in [3.8, 4) is 0 Å². The van der Waals surface area contributed by atoms with Gasteiger partial charge in [-0.05, 0) is 24.1 Å². The second-order valence-corrected chi connectivity index (χ2v) is 8.48. The fraction of sp³-hybridized carbons (Fsp3) is 0.389. The molecular weight excluding hydrogens is 445 g/mol. The van der Waals surface area contributed by atoms with Gasteiger partial charge in [-0.1, -0.05) is 0 Å². The first-order valence-corrected chi connectivity index (χ1v) is 10.3. The van der Waals surface area contributed by atoms with E-state index in [9.17, 15) is 31.0 Å². The molecule has 1 amide bonds. The van der Waals surface area contributed by atoms with Gasteiger partial charge in [-0.2, -0.15) is 13.2 Å². The van der Waals surface area contributed by atoms with E-state index in [1.54, 1.807) is 0 Å². The van der Waals surface area contributed by atoms with Crippen molar-refractivity contribution in [1.29, 1.82) is 0 Å². The number of nitrogens with two attached hydrogens (primary N) is 1. The van der Waals surface area contributed by atoms with Gasteiger partial charge in [-0.15, -0.1) is 0 Å². The Labute approximate surface area is 175 Å². The number of aromatic nitrogens is 2. The van der Waals surface area contributed by atoms with Crippen LogP contribution in [0.25, 0.3) is 0 Å². The summed E-state index contributed by atoms with van der Waals surface area (Å²) in [6.45, 7) is 0.0618. The van der Waals surface area contributed by atoms with Crippen molar-refractivity contribution in [3.63, 3.8) is 0 Å². The topological polar surface area (TPSA) is 101 Å². The van der Waals surface area contributed by atoms with E-state index in [0.717, 1.165) is 0 Å². The normalized spacial score (nSPS) is 23.1. The Morgan fingerprint density at radius 2 is 2.00 bits per heavy atom. The summed E-state index contributed by atoms with van der Waals surface area (Å²) in [5.74, 6) is -5.10. The first-order valence-electron chi connectivity index (χ1n) is 9.09. The maximum Gasteiger partial charge on any atom is 0.417 e. The Kier molecular flexibility index (Phi) is 5.20. The molecule has 7 nitrogen and oxygen atoms in total. The summed E-state index contributed by atoms with van der Waals surface area (Å²) < 4.78 is 78.5. The number of halogens is 5. The quantitative estimate of drug-likeness (QED) is 0.682. The molecule has 1 aliphatic carbocycles. The number of anilines is 2. The van der Waals surface area contributed by atoms with E-state index < -0.39 is 46.0 Å². The molecule has 3 atom stereocenters. The molecule has 1 saturated heterocycles. The van der Waals surface area contributed by atoms with Crippen LogP contribution in [0.4, 0.5) is 33.5 Å². The standard InChI is InChI=1S/C18H16F5N5O2S/c19-17(20)5-9-7-28(8-13(9)17)15-12(3-10(6-26-15)18(21,22)23)16(29)27-11-1-2-25-14(4-11)31(24)30/h1-4,6,9,13H,5,7-8,24H2,(H,25,27,29). The number of carbonyl (C=O) groups is 1. The third-order valence-electron chi connectivity index (χ3n) is 5.45. The SMILES string of the molecule is NS(=O)c1cc(NC(=O)c2cc(C(F)(F)F)cnc2N2CC3CC(F)(F)C3C2)ccn1. The number of amides is 1. The Morgan fingerprint density at radius 1 is 1.26 bits per heavy atom. The summed E-state index contributed by atoms with van der Waals surface area (Å²) in [7, 11) is -1.93. The van der Waals surface area contributed by atoms with E-state index in [4.69, 9.17) is 5.14 Å². The van der Waals surface area contributed by atoms with Crippen LogP contribution in [0.3, 0.4) is 0 Å². The molecule has 3 N–H and O–H groups in total. The predicted octanol–water partition coefficient (Wildman–Crippen LogP) is 2.82. The molecular formula is C18H16F5N5O2S. The van der Waals surface area contributed by atoms with Gasteiger partial charge in [-0.3, -0.25) is 4.79 Å². The number of rotatable bonds is 4. The molecule has 0 bridgehead atoms. The van der Waals surface area contributed by atoms with Gasteiger partial charge >= 0.3 is 6.18 Å². The monoisotopic (exact) mass is 461 g/mol. The van der Waals surface area contributed by atoms with Gasteiger partial charge < -0.3 is 10.2 Å². The highest BCUT2D eigenvalue weighted by atomic mass is 32.2. The van der Waals surface area contributed by atoms with Crippen LogP contribution in [0.5, 0.6) is 0 Å². The maximum absolute atomic E-state index is 13.7. The van der Waals surface area contributed by atoms with Gasteiger partial charge in [0.25, 0.3) is 11.8 Å². The number of pyridine rings is 2. The van der Waals surface area contributed by atoms with Gasteiger partial charge in [0, 0.05) is 43.5 Å². The zero-order chi connectivity index (χ0) is 22.6. The summed E-state index contributed by atoms with van der Waals surface area (Å²) in [5, 5.41) is 7.60. The Bertz CT molecular complexity index is 1060. The molecule has 166 valence electrons. The summed E-state index contributed by atoms with van der Waals surface area (Å²) >= 11 is 0. The molecule has 1 aliphatic heterocycles. The van der Waals surface area contributed by atoms with Crippen molar-refractivity contribution in [1.82, 2.24) is 9.97 Å². The summed E-state index contributed by atoms with van der Waals surface area (Å²) in [6, 6.07) is 3.19. The highest BCUT2D eigenvalue weighted by Crippen LogP contribution is 2.52. The van der Waals surface area contributed by atoms with Gasteiger partial charge in [0.05, 0.1) is 11.1 Å². The lowest BCUT2D eigenvalue weighted by Crippen LogP contribution is -2.46. The molecule has 0 spiro atoms. The smallest absolute Gasteiger partial charge is 0.355 e. The first kappa shape index (κ1) is 21.6. The van der Waals surface area contributed by atoms with E-state index in [1.165, 1.54) is 23.2 Å². The summed E-state index contributed by atoms with van der Waals surface area (Å²) in [4.78, 5) is 21.8. The fourth-order valence-electron chi connectivity index (χ4n) is 3.90. The molecule has 13 heteroatoms. The number of nitrogens with zero attached hydrogens (tertiary/aromatic N) is 3. The Balaban J connectivity index is 1.67. The average molecular weight is 461 g/mol. The molecule has 2 aromatic rings. The second-order valence-electron chi connectivity index (χ2n) is 7.46. The van der Waals surface area contributed by atoms with E-state index >= 15 is 0 Å². The molecule has 0 radical (unpaired) electrons. The zero-order valence-electron chi connectivity index (χ0n) is 15.7. The maximum atomic E-state index is 13.7. The molecule has 3 heterocycles. The van der Waals surface area contributed by atoms with Gasteiger partial charge in [0.1, 0.15) is 21.8 Å². The number of hydrogen-bond donors (Lipinski definition) is 2. The van der Waals surface area contributed by atoms with Crippen LogP contribution >= 0.6 is 0 Å². The van der Waals surface area contributed by atoms with Crippen LogP contribution in [0.2, 0.25) is 0 Å². The predicted molar refractivity (Wildman–Crippen MR) is 101 cm³/mol. The van der Waals surface area contributed by atoms with Gasteiger partial charge in [0.15, 0.2) is 0 Å². The molecule has 31 heavy (non-hydrogen) atoms. The number of fused-ring (bicyclic) bond motifs is 1. The molecule has 3 unspecified atom stereocenters. The lowest BCUT2D eigenvalue weighted by molar-refractivity contribution is -0.152. The number of hydrogen-bond acceptors (Lipinski definition) is 5. The van der Waals surface area contributed by atoms with E-state index in [1.807, 2.05) is 0 Å². The highest BCUT2D eigenvalue weighted by molar-refractivity contribution is 7.82. The van der Waals surface area contributed by atoms with Gasteiger partial charge in [-0.25, -0.2) is 28.1 Å². The van der Waals surface area contributed by atoms with Crippen molar-refractivity contribution in [2.45, 2.75) is 23.5 Å². The van der Waals surface area contributed by atoms with Crippen LogP contribution < -0.4 is 15.4 Å². The lowest BCUT2D eigenvalue weighted by atomic mass is 9.72. The van der Waals surface area contributed by atoms with Crippen molar-refractivity contribution >= 4 is 28.4 Å². The van der Waals surface area contributed by atoms with Crippen LogP contribution in [0.1, 0.15) is 22.3 Å². The van der Waals surface area contributed by atoms with Gasteiger partial charge in [0.2, 0.25) is 0 Å². The first-order chi connectivity index (χ1) is 14.5. The number of carbonyl (C=O) groups excluding carboxylic acids is 1. The van der Waals surface area contributed by atoms with E-state index in [-0.39, 0.29) is 42.0 Å². The van der Waals surface area contributed by atoms with Crippen molar-refractivity contribution < 1.29 is 31.0 Å². The molecule has 4 rings (SSSR count). The third kappa shape index (κ3) is 4.11. The fourth-order valence-corrected chi connectivity index (χ4v) is 4.31. The summed E-state index contributed by atoms with van der Waals surface area (Å²) in [5.41, 5.74) is -1.45. The largest absolute Gasteiger partial charge is 0.417 e. The van der Waals surface area contributed by atoms with Crippen LogP contribution in [0, 0.1) is 11.8 Å². The minimum Gasteiger partial charge on any atom is -0.355 e.